The van der Waals surface area contributed by atoms with E-state index >= 15 is 0 Å². The van der Waals surface area contributed by atoms with E-state index in [-0.39, 0.29) is 0 Å². The van der Waals surface area contributed by atoms with E-state index in [1.807, 2.05) is 6.92 Å². The summed E-state index contributed by atoms with van der Waals surface area (Å²) in [5.74, 6) is 0. The van der Waals surface area contributed by atoms with Gasteiger partial charge in [0.25, 0.3) is 0 Å². The van der Waals surface area contributed by atoms with Crippen molar-refractivity contribution >= 4 is 17.3 Å². The van der Waals surface area contributed by atoms with Gasteiger partial charge in [-0.05, 0) is 32.0 Å². The number of thiocarbonyl (C=S) groups is 1. The molecule has 1 aliphatic carbocycles. The predicted molar refractivity (Wildman–Crippen MR) is 57.4 cm³/mol. The predicted octanol–water partition coefficient (Wildman–Crippen LogP) is 1.73. The van der Waals surface area contributed by atoms with Crippen molar-refractivity contribution in [3.63, 3.8) is 0 Å². The van der Waals surface area contributed by atoms with Crippen LogP contribution in [-0.2, 0) is 4.84 Å². The van der Waals surface area contributed by atoms with Crippen molar-refractivity contribution in [1.82, 2.24) is 10.8 Å². The molecule has 0 aromatic rings. The van der Waals surface area contributed by atoms with E-state index in [1.165, 1.54) is 19.3 Å². The lowest BCUT2D eigenvalue weighted by atomic mass is 9.98. The number of hydrogen-bond acceptors (Lipinski definition) is 2. The highest BCUT2D eigenvalue weighted by Gasteiger charge is 2.14. The topological polar surface area (TPSA) is 33.3 Å². The van der Waals surface area contributed by atoms with E-state index in [9.17, 15) is 0 Å². The van der Waals surface area contributed by atoms with Gasteiger partial charge in [0.1, 0.15) is 0 Å². The van der Waals surface area contributed by atoms with Crippen LogP contribution in [0.25, 0.3) is 0 Å². The molecule has 0 aromatic carbocycles. The van der Waals surface area contributed by atoms with Gasteiger partial charge in [0.15, 0.2) is 5.11 Å². The molecule has 0 spiro atoms. The van der Waals surface area contributed by atoms with Gasteiger partial charge in [-0.2, -0.15) is 0 Å². The summed E-state index contributed by atoms with van der Waals surface area (Å²) < 4.78 is 0. The summed E-state index contributed by atoms with van der Waals surface area (Å²) in [5, 5.41) is 3.57. The first-order chi connectivity index (χ1) is 6.33. The maximum absolute atomic E-state index is 5.44. The third-order valence-corrected chi connectivity index (χ3v) is 2.44. The van der Waals surface area contributed by atoms with Gasteiger partial charge >= 0.3 is 0 Å². The molecule has 0 radical (unpaired) electrons. The van der Waals surface area contributed by atoms with Gasteiger partial charge in [-0.3, -0.25) is 4.84 Å². The van der Waals surface area contributed by atoms with E-state index in [2.05, 4.69) is 10.8 Å². The van der Waals surface area contributed by atoms with Crippen LogP contribution < -0.4 is 10.8 Å². The Labute approximate surface area is 85.2 Å². The molecule has 0 aliphatic heterocycles. The van der Waals surface area contributed by atoms with Crippen LogP contribution in [0, 0.1) is 0 Å². The Bertz CT molecular complexity index is 158. The summed E-state index contributed by atoms with van der Waals surface area (Å²) in [7, 11) is 0. The lowest BCUT2D eigenvalue weighted by Crippen LogP contribution is -2.38. The van der Waals surface area contributed by atoms with Crippen LogP contribution in [0.2, 0.25) is 0 Å². The zero-order valence-corrected chi connectivity index (χ0v) is 8.95. The first-order valence-corrected chi connectivity index (χ1v) is 5.43. The number of nitrogens with one attached hydrogen (secondary N) is 2. The molecule has 1 rings (SSSR count). The van der Waals surface area contributed by atoms with E-state index in [0.29, 0.717) is 11.2 Å². The minimum absolute atomic E-state index is 0.352. The number of hydroxylamine groups is 1. The van der Waals surface area contributed by atoms with Gasteiger partial charge < -0.3 is 5.32 Å². The third kappa shape index (κ3) is 4.43. The second kappa shape index (κ2) is 6.16. The van der Waals surface area contributed by atoms with Crippen LogP contribution in [0.5, 0.6) is 0 Å². The molecule has 2 N–H and O–H groups in total. The first-order valence-electron chi connectivity index (χ1n) is 5.02. The molecule has 3 nitrogen and oxygen atoms in total. The van der Waals surface area contributed by atoms with Gasteiger partial charge in [-0.25, -0.2) is 5.48 Å². The fourth-order valence-electron chi connectivity index (χ4n) is 1.52. The van der Waals surface area contributed by atoms with Crippen LogP contribution in [0.15, 0.2) is 0 Å². The highest BCUT2D eigenvalue weighted by Crippen LogP contribution is 2.19. The molecule has 0 bridgehead atoms. The summed E-state index contributed by atoms with van der Waals surface area (Å²) in [6, 6.07) is 0. The van der Waals surface area contributed by atoms with Crippen molar-refractivity contribution in [3.05, 3.63) is 0 Å². The Hall–Kier alpha value is -0.350. The summed E-state index contributed by atoms with van der Waals surface area (Å²) in [5.41, 5.74) is 2.77. The lowest BCUT2D eigenvalue weighted by molar-refractivity contribution is -0.0108. The largest absolute Gasteiger partial charge is 0.361 e. The molecule has 4 heteroatoms. The molecular formula is C9H18N2OS. The summed E-state index contributed by atoms with van der Waals surface area (Å²) in [6.45, 7) is 2.84. The Morgan fingerprint density at radius 2 is 2.08 bits per heavy atom. The molecule has 0 heterocycles. The molecule has 13 heavy (non-hydrogen) atoms. The third-order valence-electron chi connectivity index (χ3n) is 2.21. The first kappa shape index (κ1) is 10.7. The monoisotopic (exact) mass is 202 g/mol. The fourth-order valence-corrected chi connectivity index (χ4v) is 1.71. The molecule has 0 atom stereocenters. The van der Waals surface area contributed by atoms with Crippen molar-refractivity contribution in [2.24, 2.45) is 0 Å². The van der Waals surface area contributed by atoms with Crippen molar-refractivity contribution in [2.45, 2.75) is 45.1 Å². The summed E-state index contributed by atoms with van der Waals surface area (Å²) in [6.07, 6.45) is 6.56. The maximum Gasteiger partial charge on any atom is 0.190 e. The highest BCUT2D eigenvalue weighted by atomic mass is 32.1. The molecule has 1 saturated carbocycles. The molecule has 0 unspecified atom stereocenters. The van der Waals surface area contributed by atoms with Gasteiger partial charge in [0, 0.05) is 6.54 Å². The maximum atomic E-state index is 5.44. The molecular weight excluding hydrogens is 184 g/mol. The summed E-state index contributed by atoms with van der Waals surface area (Å²) in [4.78, 5) is 5.44. The Morgan fingerprint density at radius 3 is 2.69 bits per heavy atom. The second-order valence-corrected chi connectivity index (χ2v) is 3.75. The number of hydrogen-bond donors (Lipinski definition) is 2. The van der Waals surface area contributed by atoms with E-state index in [4.69, 9.17) is 17.1 Å². The lowest BCUT2D eigenvalue weighted by Gasteiger charge is -2.22. The molecule has 0 aromatic heterocycles. The van der Waals surface area contributed by atoms with Gasteiger partial charge in [0.05, 0.1) is 6.10 Å². The van der Waals surface area contributed by atoms with Crippen molar-refractivity contribution in [3.8, 4) is 0 Å². The van der Waals surface area contributed by atoms with Crippen LogP contribution in [0.1, 0.15) is 39.0 Å². The Kier molecular flexibility index (Phi) is 5.08. The zero-order chi connectivity index (χ0) is 9.52. The quantitative estimate of drug-likeness (QED) is 0.539. The summed E-state index contributed by atoms with van der Waals surface area (Å²) >= 11 is 4.97. The molecule has 1 aliphatic rings. The van der Waals surface area contributed by atoms with Crippen LogP contribution >= 0.6 is 12.2 Å². The van der Waals surface area contributed by atoms with E-state index in [0.717, 1.165) is 19.4 Å². The standard InChI is InChI=1S/C9H18N2OS/c1-2-10-9(13)11-12-8-6-4-3-5-7-8/h8H,2-7H2,1H3,(H2,10,11,13). The van der Waals surface area contributed by atoms with E-state index in [1.54, 1.807) is 0 Å². The van der Waals surface area contributed by atoms with Crippen molar-refractivity contribution < 1.29 is 4.84 Å². The zero-order valence-electron chi connectivity index (χ0n) is 8.14. The number of rotatable bonds is 3. The van der Waals surface area contributed by atoms with Gasteiger partial charge in [-0.15, -0.1) is 0 Å². The second-order valence-electron chi connectivity index (χ2n) is 3.34. The molecule has 1 fully saturated rings. The van der Waals surface area contributed by atoms with E-state index < -0.39 is 0 Å². The minimum atomic E-state index is 0.352. The van der Waals surface area contributed by atoms with Crippen molar-refractivity contribution in [2.75, 3.05) is 6.54 Å². The smallest absolute Gasteiger partial charge is 0.190 e. The molecule has 76 valence electrons. The SMILES string of the molecule is CCNC(=S)NOC1CCCCC1. The minimum Gasteiger partial charge on any atom is -0.361 e. The van der Waals surface area contributed by atoms with Crippen LogP contribution in [0.3, 0.4) is 0 Å². The molecule has 0 amide bonds. The Morgan fingerprint density at radius 1 is 1.38 bits per heavy atom. The van der Waals surface area contributed by atoms with Crippen LogP contribution in [0.4, 0.5) is 0 Å². The van der Waals surface area contributed by atoms with Crippen molar-refractivity contribution in [1.29, 1.82) is 0 Å². The molecule has 0 saturated heterocycles. The van der Waals surface area contributed by atoms with Crippen LogP contribution in [-0.4, -0.2) is 17.8 Å². The van der Waals surface area contributed by atoms with Gasteiger partial charge in [0.2, 0.25) is 0 Å². The average molecular weight is 202 g/mol. The highest BCUT2D eigenvalue weighted by molar-refractivity contribution is 7.80. The van der Waals surface area contributed by atoms with Gasteiger partial charge in [-0.1, -0.05) is 19.3 Å². The fraction of sp³-hybridized carbons (Fsp3) is 0.889. The average Bonchev–Trinajstić information content (AvgIpc) is 2.17. The normalized spacial score (nSPS) is 18.2. The Balaban J connectivity index is 2.06.